The molecule has 0 fully saturated rings. The van der Waals surface area contributed by atoms with Gasteiger partial charge in [-0.25, -0.2) is 5.43 Å². The second kappa shape index (κ2) is 10.0. The monoisotopic (exact) mass is 615 g/mol. The molecule has 3 N–H and O–H groups in total. The zero-order chi connectivity index (χ0) is 20.8. The normalized spacial score (nSPS) is 10.9. The van der Waals surface area contributed by atoms with E-state index in [2.05, 4.69) is 76.0 Å². The molecule has 2 aromatic carbocycles. The van der Waals surface area contributed by atoms with Crippen LogP contribution in [0.25, 0.3) is 0 Å². The third-order valence-corrected chi connectivity index (χ3v) is 5.19. The lowest BCUT2D eigenvalue weighted by Crippen LogP contribution is -2.16. The van der Waals surface area contributed by atoms with Gasteiger partial charge in [0.15, 0.2) is 0 Å². The van der Waals surface area contributed by atoms with Crippen molar-refractivity contribution >= 4 is 69.2 Å². The van der Waals surface area contributed by atoms with E-state index < -0.39 is 0 Å². The van der Waals surface area contributed by atoms with E-state index in [0.29, 0.717) is 30.0 Å². The van der Waals surface area contributed by atoms with Crippen LogP contribution < -0.4 is 15.6 Å². The molecule has 0 aliphatic rings. The maximum Gasteiger partial charge on any atom is 0.250 e. The van der Waals surface area contributed by atoms with Gasteiger partial charge in [0.1, 0.15) is 5.75 Å². The summed E-state index contributed by atoms with van der Waals surface area (Å²) in [6.45, 7) is 0.592. The first-order chi connectivity index (χ1) is 13.9. The second-order valence-electron chi connectivity index (χ2n) is 6.21. The summed E-state index contributed by atoms with van der Waals surface area (Å²) < 4.78 is 1.77. The third kappa shape index (κ3) is 6.13. The fourth-order valence-electron chi connectivity index (χ4n) is 2.31. The van der Waals surface area contributed by atoms with E-state index in [1.165, 1.54) is 6.21 Å². The van der Waals surface area contributed by atoms with E-state index in [-0.39, 0.29) is 5.75 Å². The highest BCUT2D eigenvalue weighted by atomic mass is 127. The number of anilines is 3. The van der Waals surface area contributed by atoms with Gasteiger partial charge in [-0.05, 0) is 62.9 Å². The molecule has 0 saturated carbocycles. The van der Waals surface area contributed by atoms with Crippen LogP contribution in [0.2, 0.25) is 0 Å². The van der Waals surface area contributed by atoms with Crippen molar-refractivity contribution in [3.05, 3.63) is 60.7 Å². The second-order valence-corrected chi connectivity index (χ2v) is 8.62. The molecule has 150 valence electrons. The lowest BCUT2D eigenvalue weighted by atomic mass is 10.2. The van der Waals surface area contributed by atoms with Gasteiger partial charge in [0, 0.05) is 29.8 Å². The van der Waals surface area contributed by atoms with Gasteiger partial charge in [0.05, 0.1) is 9.78 Å². The minimum absolute atomic E-state index is 0.186. The van der Waals surface area contributed by atoms with Gasteiger partial charge >= 0.3 is 0 Å². The van der Waals surface area contributed by atoms with Crippen molar-refractivity contribution in [2.75, 3.05) is 29.7 Å². The Morgan fingerprint density at radius 2 is 1.79 bits per heavy atom. The molecule has 0 bridgehead atoms. The van der Waals surface area contributed by atoms with E-state index in [0.717, 1.165) is 12.7 Å². The van der Waals surface area contributed by atoms with Crippen LogP contribution in [-0.4, -0.2) is 40.4 Å². The Morgan fingerprint density at radius 3 is 2.52 bits per heavy atom. The Balaban J connectivity index is 1.77. The maximum atomic E-state index is 10.2. The third-order valence-electron chi connectivity index (χ3n) is 3.74. The molecule has 0 spiro atoms. The zero-order valence-corrected chi connectivity index (χ0v) is 20.1. The van der Waals surface area contributed by atoms with Crippen LogP contribution >= 0.6 is 45.2 Å². The van der Waals surface area contributed by atoms with Crippen LogP contribution in [0.5, 0.6) is 5.75 Å². The summed E-state index contributed by atoms with van der Waals surface area (Å²) in [5.41, 5.74) is 4.55. The average molecular weight is 615 g/mol. The van der Waals surface area contributed by atoms with Crippen molar-refractivity contribution in [3.63, 3.8) is 0 Å². The minimum atomic E-state index is 0.186. The van der Waals surface area contributed by atoms with E-state index in [1.54, 1.807) is 4.90 Å². The van der Waals surface area contributed by atoms with Crippen molar-refractivity contribution in [2.45, 2.75) is 6.54 Å². The van der Waals surface area contributed by atoms with Gasteiger partial charge in [-0.1, -0.05) is 30.3 Å². The van der Waals surface area contributed by atoms with Crippen LogP contribution in [0.1, 0.15) is 11.1 Å². The first-order valence-electron chi connectivity index (χ1n) is 8.60. The van der Waals surface area contributed by atoms with E-state index in [4.69, 9.17) is 0 Å². The molecule has 8 nitrogen and oxygen atoms in total. The Morgan fingerprint density at radius 1 is 1.07 bits per heavy atom. The highest BCUT2D eigenvalue weighted by Gasteiger charge is 2.09. The number of benzene rings is 2. The molecule has 10 heteroatoms. The number of hydrazone groups is 1. The summed E-state index contributed by atoms with van der Waals surface area (Å²) in [7, 11) is 3.71. The number of phenols is 1. The quantitative estimate of drug-likeness (QED) is 0.211. The molecule has 3 aromatic rings. The molecule has 0 aliphatic heterocycles. The lowest BCUT2D eigenvalue weighted by molar-refractivity contribution is 0.470. The van der Waals surface area contributed by atoms with Crippen LogP contribution in [0.3, 0.4) is 0 Å². The standard InChI is InChI=1S/C19H19I2N7O/c1-28(2)19-25-17(22-10-12-6-4-3-5-7-12)24-18(26-19)27-23-11-13-8-14(20)9-15(21)16(13)29/h3-9,11,29H,10H2,1-2H3,(H2,22,24,25,26,27)/b23-11-. The maximum absolute atomic E-state index is 10.2. The van der Waals surface area contributed by atoms with Crippen molar-refractivity contribution in [1.29, 1.82) is 0 Å². The molecule has 1 aromatic heterocycles. The van der Waals surface area contributed by atoms with Crippen molar-refractivity contribution in [3.8, 4) is 5.75 Å². The molecule has 0 atom stereocenters. The molecular weight excluding hydrogens is 596 g/mol. The van der Waals surface area contributed by atoms with E-state index >= 15 is 0 Å². The predicted octanol–water partition coefficient (Wildman–Crippen LogP) is 3.91. The number of aromatic hydroxyl groups is 1. The molecular formula is C19H19I2N7O. The smallest absolute Gasteiger partial charge is 0.250 e. The zero-order valence-electron chi connectivity index (χ0n) is 15.8. The van der Waals surface area contributed by atoms with Gasteiger partial charge in [-0.3, -0.25) is 0 Å². The van der Waals surface area contributed by atoms with Gasteiger partial charge in [-0.15, -0.1) is 0 Å². The average Bonchev–Trinajstić information content (AvgIpc) is 2.70. The number of halogens is 2. The van der Waals surface area contributed by atoms with E-state index in [9.17, 15) is 5.11 Å². The number of hydrogen-bond acceptors (Lipinski definition) is 8. The predicted molar refractivity (Wildman–Crippen MR) is 133 cm³/mol. The number of nitrogens with one attached hydrogen (secondary N) is 2. The van der Waals surface area contributed by atoms with Crippen LogP contribution in [0.4, 0.5) is 17.8 Å². The summed E-state index contributed by atoms with van der Waals surface area (Å²) in [5.74, 6) is 1.43. The fourth-order valence-corrected chi connectivity index (χ4v) is 4.20. The summed E-state index contributed by atoms with van der Waals surface area (Å²) in [6.07, 6.45) is 1.54. The number of rotatable bonds is 7. The van der Waals surface area contributed by atoms with Crippen LogP contribution in [0.15, 0.2) is 47.6 Å². The van der Waals surface area contributed by atoms with Crippen molar-refractivity contribution in [2.24, 2.45) is 5.10 Å². The Bertz CT molecular complexity index is 1010. The molecule has 0 aliphatic carbocycles. The largest absolute Gasteiger partial charge is 0.506 e. The number of phenolic OH excluding ortho intramolecular Hbond substituents is 1. The van der Waals surface area contributed by atoms with Gasteiger partial charge < -0.3 is 15.3 Å². The van der Waals surface area contributed by atoms with E-state index in [1.807, 2.05) is 56.6 Å². The molecule has 1 heterocycles. The first-order valence-corrected chi connectivity index (χ1v) is 10.8. The summed E-state index contributed by atoms with van der Waals surface area (Å²) >= 11 is 4.28. The molecule has 0 amide bonds. The lowest BCUT2D eigenvalue weighted by Gasteiger charge is -2.13. The highest BCUT2D eigenvalue weighted by molar-refractivity contribution is 14.1. The summed E-state index contributed by atoms with van der Waals surface area (Å²) in [6, 6.07) is 13.7. The van der Waals surface area contributed by atoms with Crippen molar-refractivity contribution in [1.82, 2.24) is 15.0 Å². The fraction of sp³-hybridized carbons (Fsp3) is 0.158. The molecule has 0 unspecified atom stereocenters. The molecule has 3 rings (SSSR count). The Kier molecular flexibility index (Phi) is 7.41. The Labute approximate surface area is 196 Å². The molecule has 0 saturated heterocycles. The Hall–Kier alpha value is -2.22. The number of aromatic nitrogens is 3. The highest BCUT2D eigenvalue weighted by Crippen LogP contribution is 2.25. The minimum Gasteiger partial charge on any atom is -0.506 e. The van der Waals surface area contributed by atoms with Gasteiger partial charge in [0.2, 0.25) is 17.8 Å². The van der Waals surface area contributed by atoms with Crippen LogP contribution in [0, 0.1) is 7.14 Å². The van der Waals surface area contributed by atoms with Gasteiger partial charge in [-0.2, -0.15) is 20.1 Å². The van der Waals surface area contributed by atoms with Crippen LogP contribution in [-0.2, 0) is 6.54 Å². The SMILES string of the molecule is CN(C)c1nc(NCc2ccccc2)nc(N/N=C\c2cc(I)cc(I)c2O)n1. The number of hydrogen-bond donors (Lipinski definition) is 3. The summed E-state index contributed by atoms with van der Waals surface area (Å²) in [4.78, 5) is 14.9. The molecule has 29 heavy (non-hydrogen) atoms. The molecule has 0 radical (unpaired) electrons. The summed E-state index contributed by atoms with van der Waals surface area (Å²) in [5, 5.41) is 17.6. The van der Waals surface area contributed by atoms with Crippen molar-refractivity contribution < 1.29 is 5.11 Å². The van der Waals surface area contributed by atoms with Gasteiger partial charge in [0.25, 0.3) is 0 Å². The number of nitrogens with zero attached hydrogens (tertiary/aromatic N) is 5. The first kappa shape index (κ1) is 21.5. The topological polar surface area (TPSA) is 98.6 Å².